The Labute approximate surface area is 196 Å². The van der Waals surface area contributed by atoms with Gasteiger partial charge in [0.1, 0.15) is 15.7 Å². The van der Waals surface area contributed by atoms with Gasteiger partial charge in [-0.15, -0.1) is 11.3 Å². The van der Waals surface area contributed by atoms with Gasteiger partial charge >= 0.3 is 0 Å². The molecule has 0 amide bonds. The lowest BCUT2D eigenvalue weighted by atomic mass is 10.1. The minimum Gasteiger partial charge on any atom is -0.382 e. The van der Waals surface area contributed by atoms with Crippen LogP contribution in [-0.4, -0.2) is 37.3 Å². The van der Waals surface area contributed by atoms with E-state index >= 15 is 0 Å². The van der Waals surface area contributed by atoms with Gasteiger partial charge in [0.05, 0.1) is 12.4 Å². The summed E-state index contributed by atoms with van der Waals surface area (Å²) in [6.07, 6.45) is 0. The molecule has 0 aliphatic rings. The number of nitrogens with two attached hydrogens (primary N) is 2. The van der Waals surface area contributed by atoms with E-state index in [1.807, 2.05) is 26.2 Å². The second kappa shape index (κ2) is 9.56. The van der Waals surface area contributed by atoms with Crippen molar-refractivity contribution in [2.45, 2.75) is 6.92 Å². The third-order valence-corrected chi connectivity index (χ3v) is 7.10. The number of aromatic nitrogens is 2. The summed E-state index contributed by atoms with van der Waals surface area (Å²) in [6, 6.07) is 16.5. The molecular weight excluding hydrogens is 438 g/mol. The van der Waals surface area contributed by atoms with Crippen molar-refractivity contribution in [1.29, 1.82) is 0 Å². The van der Waals surface area contributed by atoms with E-state index in [9.17, 15) is 0 Å². The van der Waals surface area contributed by atoms with E-state index in [2.05, 4.69) is 68.8 Å². The number of nitrogens with zero attached hydrogens (tertiary/aromatic N) is 4. The number of nitrogens with one attached hydrogen (secondary N) is 1. The quantitative estimate of drug-likeness (QED) is 0.313. The van der Waals surface area contributed by atoms with Gasteiger partial charge in [-0.2, -0.15) is 0 Å². The Balaban J connectivity index is 1.51. The van der Waals surface area contributed by atoms with Gasteiger partial charge in [0.2, 0.25) is 0 Å². The second-order valence-electron chi connectivity index (χ2n) is 7.42. The predicted octanol–water partition coefficient (Wildman–Crippen LogP) is 5.07. The fourth-order valence-electron chi connectivity index (χ4n) is 3.28. The predicted molar refractivity (Wildman–Crippen MR) is 139 cm³/mol. The normalized spacial score (nSPS) is 10.9. The maximum Gasteiger partial charge on any atom is 0.189 e. The molecule has 0 unspecified atom stereocenters. The summed E-state index contributed by atoms with van der Waals surface area (Å²) in [6.45, 7) is 3.46. The molecule has 5 N–H and O–H groups in total. The highest BCUT2D eigenvalue weighted by atomic mass is 32.1. The highest BCUT2D eigenvalue weighted by molar-refractivity contribution is 7.23. The van der Waals surface area contributed by atoms with Crippen LogP contribution in [-0.2, 0) is 0 Å². The first-order valence-electron chi connectivity index (χ1n) is 10.3. The average molecular weight is 466 g/mol. The Hall–Kier alpha value is -3.14. The van der Waals surface area contributed by atoms with Gasteiger partial charge < -0.3 is 26.6 Å². The molecule has 32 heavy (non-hydrogen) atoms. The highest BCUT2D eigenvalue weighted by Crippen LogP contribution is 2.39. The van der Waals surface area contributed by atoms with Gasteiger partial charge in [-0.25, -0.2) is 9.97 Å². The minimum absolute atomic E-state index is 0.486. The first-order chi connectivity index (χ1) is 15.5. The number of nitrogen functional groups attached to an aromatic ring is 1. The van der Waals surface area contributed by atoms with Gasteiger partial charge in [0.25, 0.3) is 0 Å². The van der Waals surface area contributed by atoms with E-state index < -0.39 is 0 Å². The summed E-state index contributed by atoms with van der Waals surface area (Å²) in [5.41, 5.74) is 17.2. The van der Waals surface area contributed by atoms with Crippen LogP contribution in [0.3, 0.4) is 0 Å². The van der Waals surface area contributed by atoms with Crippen LogP contribution in [0.1, 0.15) is 6.92 Å². The molecule has 166 valence electrons. The van der Waals surface area contributed by atoms with Gasteiger partial charge in [-0.3, -0.25) is 0 Å². The Bertz CT molecular complexity index is 1160. The number of hydrogen-bond donors (Lipinski definition) is 3. The van der Waals surface area contributed by atoms with Crippen LogP contribution in [0.5, 0.6) is 0 Å². The van der Waals surface area contributed by atoms with E-state index in [4.69, 9.17) is 16.5 Å². The first-order valence-corrected chi connectivity index (χ1v) is 12.0. The van der Waals surface area contributed by atoms with Crippen LogP contribution in [0.15, 0.2) is 53.9 Å². The maximum absolute atomic E-state index is 6.22. The summed E-state index contributed by atoms with van der Waals surface area (Å²) >= 11 is 3.08. The third-order valence-electron chi connectivity index (χ3n) is 5.12. The molecule has 0 atom stereocenters. The molecule has 0 aliphatic heterocycles. The summed E-state index contributed by atoms with van der Waals surface area (Å²) in [4.78, 5) is 14.4. The van der Waals surface area contributed by atoms with Crippen LogP contribution in [0.4, 0.5) is 28.0 Å². The zero-order chi connectivity index (χ0) is 22.7. The first kappa shape index (κ1) is 22.1. The van der Waals surface area contributed by atoms with Crippen molar-refractivity contribution in [2.24, 2.45) is 5.73 Å². The van der Waals surface area contributed by atoms with E-state index in [0.29, 0.717) is 12.5 Å². The zero-order valence-corrected chi connectivity index (χ0v) is 20.0. The van der Waals surface area contributed by atoms with Gasteiger partial charge in [-0.1, -0.05) is 23.5 Å². The second-order valence-corrected chi connectivity index (χ2v) is 9.28. The number of benzene rings is 2. The monoisotopic (exact) mass is 465 g/mol. The summed E-state index contributed by atoms with van der Waals surface area (Å²) in [5, 5.41) is 7.01. The van der Waals surface area contributed by atoms with Crippen molar-refractivity contribution < 1.29 is 0 Å². The maximum atomic E-state index is 6.22. The van der Waals surface area contributed by atoms with Crippen LogP contribution in [0, 0.1) is 0 Å². The summed E-state index contributed by atoms with van der Waals surface area (Å²) in [5.74, 6) is 0.486. The average Bonchev–Trinajstić information content (AvgIpc) is 3.42. The lowest BCUT2D eigenvalue weighted by Crippen LogP contribution is -2.29. The Morgan fingerprint density at radius 1 is 0.969 bits per heavy atom. The van der Waals surface area contributed by atoms with Crippen molar-refractivity contribution in [3.05, 3.63) is 53.9 Å². The molecule has 2 aromatic heterocycles. The van der Waals surface area contributed by atoms with Crippen LogP contribution >= 0.6 is 22.7 Å². The van der Waals surface area contributed by atoms with E-state index in [0.717, 1.165) is 49.9 Å². The smallest absolute Gasteiger partial charge is 0.189 e. The molecule has 0 aliphatic carbocycles. The van der Waals surface area contributed by atoms with Gasteiger partial charge in [0.15, 0.2) is 5.13 Å². The molecule has 7 nitrogen and oxygen atoms in total. The largest absolute Gasteiger partial charge is 0.382 e. The summed E-state index contributed by atoms with van der Waals surface area (Å²) in [7, 11) is 4.04. The Morgan fingerprint density at radius 3 is 2.28 bits per heavy atom. The number of rotatable bonds is 8. The molecule has 0 bridgehead atoms. The van der Waals surface area contributed by atoms with Crippen molar-refractivity contribution in [1.82, 2.24) is 9.97 Å². The Morgan fingerprint density at radius 2 is 1.66 bits per heavy atom. The summed E-state index contributed by atoms with van der Waals surface area (Å²) < 4.78 is 0. The molecule has 0 spiro atoms. The lowest BCUT2D eigenvalue weighted by molar-refractivity contribution is 0.843. The van der Waals surface area contributed by atoms with Crippen molar-refractivity contribution >= 4 is 50.7 Å². The lowest BCUT2D eigenvalue weighted by Gasteiger charge is -2.20. The molecule has 2 aromatic carbocycles. The van der Waals surface area contributed by atoms with Crippen molar-refractivity contribution in [3.63, 3.8) is 0 Å². The molecule has 0 saturated heterocycles. The fraction of sp³-hybridized carbons (Fsp3) is 0.217. The van der Waals surface area contributed by atoms with Crippen LogP contribution in [0.25, 0.3) is 21.1 Å². The third kappa shape index (κ3) is 4.69. The Kier molecular flexibility index (Phi) is 6.59. The fourth-order valence-corrected chi connectivity index (χ4v) is 5.11. The van der Waals surface area contributed by atoms with Crippen molar-refractivity contribution in [3.8, 4) is 21.1 Å². The highest BCUT2D eigenvalue weighted by Gasteiger charge is 2.15. The molecule has 4 rings (SSSR count). The molecule has 4 aromatic rings. The zero-order valence-electron chi connectivity index (χ0n) is 18.4. The number of hydrogen-bond acceptors (Lipinski definition) is 9. The molecule has 9 heteroatoms. The minimum atomic E-state index is 0.486. The van der Waals surface area contributed by atoms with E-state index in [-0.39, 0.29) is 0 Å². The molecule has 0 radical (unpaired) electrons. The van der Waals surface area contributed by atoms with Crippen molar-refractivity contribution in [2.75, 3.05) is 48.2 Å². The van der Waals surface area contributed by atoms with Gasteiger partial charge in [0, 0.05) is 48.6 Å². The van der Waals surface area contributed by atoms with E-state index in [1.54, 1.807) is 11.3 Å². The van der Waals surface area contributed by atoms with Crippen LogP contribution < -0.4 is 26.6 Å². The molecule has 0 fully saturated rings. The topological polar surface area (TPSA) is 96.3 Å². The number of anilines is 5. The van der Waals surface area contributed by atoms with Gasteiger partial charge in [-0.05, 0) is 43.3 Å². The number of thiazole rings is 2. The molecular formula is C23H27N7S2. The standard InChI is InChI=1S/C23H27N7S2/c1-4-30(14-24)18-9-5-15(6-10-18)19-13-31-22(27-19)20-21(25)28-23(32-20)26-16-7-11-17(12-8-16)29(2)3/h5-13H,4,14,24-25H2,1-3H3,(H,26,28). The molecule has 2 heterocycles. The van der Waals surface area contributed by atoms with Crippen LogP contribution in [0.2, 0.25) is 0 Å². The SMILES string of the molecule is CCN(CN)c1ccc(-c2csc(-c3sc(Nc4ccc(N(C)C)cc4)nc3N)n2)cc1. The van der Waals surface area contributed by atoms with E-state index in [1.165, 1.54) is 11.3 Å². The molecule has 0 saturated carbocycles.